The van der Waals surface area contributed by atoms with E-state index in [1.54, 1.807) is 13.8 Å². The molecule has 0 radical (unpaired) electrons. The van der Waals surface area contributed by atoms with E-state index >= 15 is 0 Å². The van der Waals surface area contributed by atoms with Crippen LogP contribution in [0.4, 0.5) is 0 Å². The average molecular weight is 312 g/mol. The molecule has 0 aromatic heterocycles. The van der Waals surface area contributed by atoms with Crippen LogP contribution in [0.15, 0.2) is 23.1 Å². The molecule has 0 heterocycles. The fraction of sp³-hybridized carbons (Fsp3) is 0.455. The number of sulfonamides is 1. The highest BCUT2D eigenvalue weighted by Gasteiger charge is 2.21. The van der Waals surface area contributed by atoms with Gasteiger partial charge in [-0.1, -0.05) is 23.2 Å². The van der Waals surface area contributed by atoms with E-state index in [1.807, 2.05) is 0 Å². The third kappa shape index (κ3) is 4.40. The minimum atomic E-state index is -3.74. The smallest absolute Gasteiger partial charge is 0.242 e. The Morgan fingerprint density at radius 1 is 1.33 bits per heavy atom. The zero-order valence-corrected chi connectivity index (χ0v) is 12.4. The third-order valence-corrected chi connectivity index (χ3v) is 4.54. The van der Waals surface area contributed by atoms with Gasteiger partial charge in [0.05, 0.1) is 11.1 Å². The Morgan fingerprint density at radius 2 is 1.94 bits per heavy atom. The summed E-state index contributed by atoms with van der Waals surface area (Å²) in [6.45, 7) is 3.26. The SMILES string of the molecule is CC(O)CC(C)NS(=O)(=O)c1cc(Cl)ccc1Cl. The molecule has 1 rings (SSSR count). The molecule has 0 bridgehead atoms. The van der Waals surface area contributed by atoms with Crippen molar-refractivity contribution >= 4 is 33.2 Å². The normalized spacial score (nSPS) is 15.4. The van der Waals surface area contributed by atoms with Crippen LogP contribution in [0.3, 0.4) is 0 Å². The molecule has 7 heteroatoms. The van der Waals surface area contributed by atoms with Crippen LogP contribution >= 0.6 is 23.2 Å². The molecule has 4 nitrogen and oxygen atoms in total. The van der Waals surface area contributed by atoms with Gasteiger partial charge in [0.25, 0.3) is 0 Å². The molecule has 0 aliphatic rings. The molecule has 2 atom stereocenters. The van der Waals surface area contributed by atoms with Crippen LogP contribution in [-0.4, -0.2) is 25.7 Å². The van der Waals surface area contributed by atoms with E-state index in [0.717, 1.165) is 0 Å². The predicted octanol–water partition coefficient (Wildman–Crippen LogP) is 2.43. The molecule has 0 saturated carbocycles. The van der Waals surface area contributed by atoms with Gasteiger partial charge in [-0.05, 0) is 38.5 Å². The largest absolute Gasteiger partial charge is 0.393 e. The van der Waals surface area contributed by atoms with Gasteiger partial charge in [-0.15, -0.1) is 0 Å². The van der Waals surface area contributed by atoms with Crippen LogP contribution in [0.25, 0.3) is 0 Å². The fourth-order valence-corrected chi connectivity index (χ4v) is 3.59. The Bertz CT molecular complexity index is 517. The zero-order chi connectivity index (χ0) is 13.9. The highest BCUT2D eigenvalue weighted by molar-refractivity contribution is 7.89. The number of rotatable bonds is 5. The maximum Gasteiger partial charge on any atom is 0.242 e. The number of hydrogen-bond acceptors (Lipinski definition) is 3. The predicted molar refractivity (Wildman–Crippen MR) is 72.5 cm³/mol. The van der Waals surface area contributed by atoms with Crippen LogP contribution in [0.2, 0.25) is 10.0 Å². The van der Waals surface area contributed by atoms with Gasteiger partial charge in [-0.3, -0.25) is 0 Å². The Hall–Kier alpha value is -0.330. The van der Waals surface area contributed by atoms with Crippen molar-refractivity contribution in [1.82, 2.24) is 4.72 Å². The van der Waals surface area contributed by atoms with Crippen molar-refractivity contribution in [3.63, 3.8) is 0 Å². The first-order valence-corrected chi connectivity index (χ1v) is 7.61. The van der Waals surface area contributed by atoms with E-state index in [2.05, 4.69) is 4.72 Å². The van der Waals surface area contributed by atoms with Gasteiger partial charge >= 0.3 is 0 Å². The molecule has 102 valence electrons. The Morgan fingerprint density at radius 3 is 2.50 bits per heavy atom. The summed E-state index contributed by atoms with van der Waals surface area (Å²) in [6.07, 6.45) is -0.269. The summed E-state index contributed by atoms with van der Waals surface area (Å²) in [5.74, 6) is 0. The number of benzene rings is 1. The van der Waals surface area contributed by atoms with E-state index in [0.29, 0.717) is 11.4 Å². The second kappa shape index (κ2) is 6.21. The van der Waals surface area contributed by atoms with Crippen molar-refractivity contribution in [2.24, 2.45) is 0 Å². The second-order valence-electron chi connectivity index (χ2n) is 4.18. The average Bonchev–Trinajstić information content (AvgIpc) is 2.19. The van der Waals surface area contributed by atoms with Crippen molar-refractivity contribution in [1.29, 1.82) is 0 Å². The van der Waals surface area contributed by atoms with Crippen LogP contribution in [0, 0.1) is 0 Å². The Balaban J connectivity index is 2.96. The molecule has 0 aliphatic carbocycles. The molecule has 0 spiro atoms. The highest BCUT2D eigenvalue weighted by Crippen LogP contribution is 2.25. The number of aliphatic hydroxyl groups is 1. The molecular weight excluding hydrogens is 297 g/mol. The Kier molecular flexibility index (Phi) is 5.43. The van der Waals surface area contributed by atoms with Crippen molar-refractivity contribution in [2.45, 2.75) is 37.3 Å². The fourth-order valence-electron chi connectivity index (χ4n) is 1.57. The standard InChI is InChI=1S/C11H15Cl2NO3S/c1-7(5-8(2)15)14-18(16,17)11-6-9(12)3-4-10(11)13/h3-4,6-8,14-15H,5H2,1-2H3. The maximum atomic E-state index is 12.1. The van der Waals surface area contributed by atoms with Crippen molar-refractivity contribution < 1.29 is 13.5 Å². The number of hydrogen-bond donors (Lipinski definition) is 2. The molecule has 0 amide bonds. The van der Waals surface area contributed by atoms with Gasteiger partial charge in [-0.25, -0.2) is 13.1 Å². The first kappa shape index (κ1) is 15.7. The van der Waals surface area contributed by atoms with Gasteiger partial charge in [0.1, 0.15) is 4.90 Å². The molecule has 2 N–H and O–H groups in total. The summed E-state index contributed by atoms with van der Waals surface area (Å²) in [7, 11) is -3.74. The number of halogens is 2. The summed E-state index contributed by atoms with van der Waals surface area (Å²) >= 11 is 11.6. The summed E-state index contributed by atoms with van der Waals surface area (Å²) in [6, 6.07) is 3.84. The van der Waals surface area contributed by atoms with E-state index in [-0.39, 0.29) is 9.92 Å². The van der Waals surface area contributed by atoms with Crippen LogP contribution < -0.4 is 4.72 Å². The van der Waals surface area contributed by atoms with Gasteiger partial charge in [0.2, 0.25) is 10.0 Å². The van der Waals surface area contributed by atoms with E-state index in [4.69, 9.17) is 23.2 Å². The molecule has 18 heavy (non-hydrogen) atoms. The minimum Gasteiger partial charge on any atom is -0.393 e. The van der Waals surface area contributed by atoms with E-state index in [1.165, 1.54) is 18.2 Å². The molecule has 1 aromatic rings. The highest BCUT2D eigenvalue weighted by atomic mass is 35.5. The lowest BCUT2D eigenvalue weighted by Crippen LogP contribution is -2.34. The summed E-state index contributed by atoms with van der Waals surface area (Å²) in [4.78, 5) is -0.0610. The lowest BCUT2D eigenvalue weighted by atomic mass is 10.2. The van der Waals surface area contributed by atoms with E-state index in [9.17, 15) is 13.5 Å². The van der Waals surface area contributed by atoms with E-state index < -0.39 is 22.2 Å². The van der Waals surface area contributed by atoms with Crippen LogP contribution in [0.1, 0.15) is 20.3 Å². The molecule has 0 fully saturated rings. The monoisotopic (exact) mass is 311 g/mol. The number of aliphatic hydroxyl groups excluding tert-OH is 1. The summed E-state index contributed by atoms with van der Waals surface area (Å²) in [5, 5.41) is 9.61. The van der Waals surface area contributed by atoms with Gasteiger partial charge in [0, 0.05) is 11.1 Å². The molecular formula is C11H15Cl2NO3S. The van der Waals surface area contributed by atoms with Crippen molar-refractivity contribution in [3.05, 3.63) is 28.2 Å². The maximum absolute atomic E-state index is 12.1. The minimum absolute atomic E-state index is 0.0610. The first-order valence-electron chi connectivity index (χ1n) is 5.38. The molecule has 2 unspecified atom stereocenters. The summed E-state index contributed by atoms with van der Waals surface area (Å²) in [5.41, 5.74) is 0. The lowest BCUT2D eigenvalue weighted by Gasteiger charge is -2.16. The lowest BCUT2D eigenvalue weighted by molar-refractivity contribution is 0.175. The quantitative estimate of drug-likeness (QED) is 0.877. The van der Waals surface area contributed by atoms with Gasteiger partial charge < -0.3 is 5.11 Å². The van der Waals surface area contributed by atoms with Crippen molar-refractivity contribution in [3.8, 4) is 0 Å². The van der Waals surface area contributed by atoms with Gasteiger partial charge in [0.15, 0.2) is 0 Å². The van der Waals surface area contributed by atoms with Crippen molar-refractivity contribution in [2.75, 3.05) is 0 Å². The first-order chi connectivity index (χ1) is 8.22. The molecule has 0 saturated heterocycles. The second-order valence-corrected chi connectivity index (χ2v) is 6.71. The molecule has 1 aromatic carbocycles. The molecule has 0 aliphatic heterocycles. The van der Waals surface area contributed by atoms with Crippen LogP contribution in [0.5, 0.6) is 0 Å². The van der Waals surface area contributed by atoms with Crippen LogP contribution in [-0.2, 0) is 10.0 Å². The Labute approximate surface area is 117 Å². The topological polar surface area (TPSA) is 66.4 Å². The third-order valence-electron chi connectivity index (χ3n) is 2.23. The zero-order valence-electron chi connectivity index (χ0n) is 10.0. The summed E-state index contributed by atoms with van der Waals surface area (Å²) < 4.78 is 26.6. The van der Waals surface area contributed by atoms with Gasteiger partial charge in [-0.2, -0.15) is 0 Å². The number of nitrogens with one attached hydrogen (secondary N) is 1.